The van der Waals surface area contributed by atoms with Gasteiger partial charge in [-0.1, -0.05) is 46.9 Å². The minimum absolute atomic E-state index is 0.0312. The first-order valence-corrected chi connectivity index (χ1v) is 13.4. The minimum Gasteiger partial charge on any atom is -0.480 e. The molecule has 14 heteroatoms. The first kappa shape index (κ1) is 29.7. The number of hydrogen-bond acceptors (Lipinski definition) is 6. The van der Waals surface area contributed by atoms with Crippen LogP contribution in [0, 0.1) is 6.92 Å². The summed E-state index contributed by atoms with van der Waals surface area (Å²) in [6.45, 7) is 1.61. The van der Waals surface area contributed by atoms with Crippen LogP contribution in [0.25, 0.3) is 0 Å². The Morgan fingerprint density at radius 1 is 1.11 bits per heavy atom. The SMILES string of the molecule is Cc1c(Cl)cccc1S(=O)(=O)CC(=O)N(NCc1ccc(Cl)c(Cl)c1)[C@@H](CCCN=C(N)N)C(=O)O. The van der Waals surface area contributed by atoms with Crippen molar-refractivity contribution in [2.24, 2.45) is 16.5 Å². The molecule has 0 saturated heterocycles. The van der Waals surface area contributed by atoms with Gasteiger partial charge in [-0.15, -0.1) is 0 Å². The number of aliphatic carboxylic acids is 1. The van der Waals surface area contributed by atoms with E-state index in [1.54, 1.807) is 18.2 Å². The molecule has 0 bridgehead atoms. The zero-order valence-electron chi connectivity index (χ0n) is 19.2. The number of halogens is 3. The van der Waals surface area contributed by atoms with Gasteiger partial charge in [0.25, 0.3) is 5.91 Å². The van der Waals surface area contributed by atoms with E-state index in [4.69, 9.17) is 46.3 Å². The molecule has 0 aliphatic heterocycles. The van der Waals surface area contributed by atoms with Gasteiger partial charge in [-0.05, 0) is 55.2 Å². The molecule has 0 aliphatic carbocycles. The second kappa shape index (κ2) is 13.1. The monoisotopic (exact) mass is 577 g/mol. The molecule has 2 aromatic rings. The highest BCUT2D eigenvalue weighted by Gasteiger charge is 2.33. The summed E-state index contributed by atoms with van der Waals surface area (Å²) >= 11 is 18.0. The van der Waals surface area contributed by atoms with Crippen molar-refractivity contribution < 1.29 is 23.1 Å². The fraction of sp³-hybridized carbons (Fsp3) is 0.318. The van der Waals surface area contributed by atoms with Crippen LogP contribution in [0.5, 0.6) is 0 Å². The highest BCUT2D eigenvalue weighted by molar-refractivity contribution is 7.92. The highest BCUT2D eigenvalue weighted by atomic mass is 35.5. The Morgan fingerprint density at radius 2 is 1.81 bits per heavy atom. The maximum Gasteiger partial charge on any atom is 0.328 e. The van der Waals surface area contributed by atoms with Gasteiger partial charge in [-0.3, -0.25) is 14.8 Å². The summed E-state index contributed by atoms with van der Waals surface area (Å²) < 4.78 is 26.1. The van der Waals surface area contributed by atoms with Crippen LogP contribution in [0.15, 0.2) is 46.3 Å². The van der Waals surface area contributed by atoms with Crippen LogP contribution >= 0.6 is 34.8 Å². The van der Waals surface area contributed by atoms with Gasteiger partial charge in [0, 0.05) is 18.1 Å². The fourth-order valence-electron chi connectivity index (χ4n) is 3.29. The molecular formula is C22H26Cl3N5O5S. The Balaban J connectivity index is 2.34. The molecule has 0 aliphatic rings. The number of guanidine groups is 1. The molecule has 6 N–H and O–H groups in total. The molecule has 0 unspecified atom stereocenters. The molecule has 1 atom stereocenters. The summed E-state index contributed by atoms with van der Waals surface area (Å²) in [5.41, 5.74) is 14.2. The maximum absolute atomic E-state index is 13.2. The molecule has 0 saturated carbocycles. The number of rotatable bonds is 12. The topological polar surface area (TPSA) is 168 Å². The molecule has 0 aromatic heterocycles. The summed E-state index contributed by atoms with van der Waals surface area (Å²) in [7, 11) is -4.15. The van der Waals surface area contributed by atoms with Crippen molar-refractivity contribution in [2.75, 3.05) is 12.3 Å². The van der Waals surface area contributed by atoms with Crippen LogP contribution in [-0.2, 0) is 26.0 Å². The summed E-state index contributed by atoms with van der Waals surface area (Å²) in [5.74, 6) is -3.45. The summed E-state index contributed by atoms with van der Waals surface area (Å²) in [6, 6.07) is 7.62. The largest absolute Gasteiger partial charge is 0.480 e. The van der Waals surface area contributed by atoms with E-state index in [1.165, 1.54) is 25.1 Å². The summed E-state index contributed by atoms with van der Waals surface area (Å²) in [4.78, 5) is 29.0. The quantitative estimate of drug-likeness (QED) is 0.129. The van der Waals surface area contributed by atoms with Gasteiger partial charge in [0.1, 0.15) is 11.8 Å². The van der Waals surface area contributed by atoms with Gasteiger partial charge in [0.2, 0.25) is 0 Å². The van der Waals surface area contributed by atoms with Crippen LogP contribution in [0.3, 0.4) is 0 Å². The predicted octanol–water partition coefficient (Wildman–Crippen LogP) is 2.77. The number of nitrogens with one attached hydrogen (secondary N) is 1. The van der Waals surface area contributed by atoms with Crippen LogP contribution in [0.4, 0.5) is 0 Å². The van der Waals surface area contributed by atoms with Crippen molar-refractivity contribution in [3.05, 3.63) is 62.6 Å². The number of aliphatic imine (C=N–C) groups is 1. The number of hydrogen-bond donors (Lipinski definition) is 4. The predicted molar refractivity (Wildman–Crippen MR) is 140 cm³/mol. The number of hydrazine groups is 1. The van der Waals surface area contributed by atoms with Gasteiger partial charge in [0.05, 0.1) is 14.9 Å². The third-order valence-electron chi connectivity index (χ3n) is 5.10. The lowest BCUT2D eigenvalue weighted by Gasteiger charge is -2.29. The lowest BCUT2D eigenvalue weighted by Crippen LogP contribution is -2.54. The van der Waals surface area contributed by atoms with Gasteiger partial charge in [0.15, 0.2) is 15.8 Å². The zero-order valence-corrected chi connectivity index (χ0v) is 22.3. The Bertz CT molecular complexity index is 1250. The Kier molecular flexibility index (Phi) is 10.8. The zero-order chi connectivity index (χ0) is 27.0. The number of carboxylic acids is 1. The van der Waals surface area contributed by atoms with E-state index in [1.807, 2.05) is 0 Å². The average Bonchev–Trinajstić information content (AvgIpc) is 2.78. The van der Waals surface area contributed by atoms with Crippen molar-refractivity contribution >= 4 is 62.5 Å². The number of carboxylic acid groups (broad SMARTS) is 1. The fourth-order valence-corrected chi connectivity index (χ4v) is 5.32. The van der Waals surface area contributed by atoms with E-state index in [2.05, 4.69) is 10.4 Å². The molecule has 196 valence electrons. The van der Waals surface area contributed by atoms with E-state index in [0.717, 1.165) is 5.01 Å². The van der Waals surface area contributed by atoms with E-state index in [-0.39, 0.29) is 52.4 Å². The number of amides is 1. The van der Waals surface area contributed by atoms with Crippen molar-refractivity contribution in [1.29, 1.82) is 0 Å². The third-order valence-corrected chi connectivity index (χ3v) is 7.99. The number of carbonyl (C=O) groups is 2. The van der Waals surface area contributed by atoms with Gasteiger partial charge in [-0.2, -0.15) is 0 Å². The van der Waals surface area contributed by atoms with Crippen LogP contribution < -0.4 is 16.9 Å². The van der Waals surface area contributed by atoms with Crippen LogP contribution in [0.1, 0.15) is 24.0 Å². The lowest BCUT2D eigenvalue weighted by molar-refractivity contribution is -0.152. The smallest absolute Gasteiger partial charge is 0.328 e. The van der Waals surface area contributed by atoms with Crippen molar-refractivity contribution in [1.82, 2.24) is 10.4 Å². The highest BCUT2D eigenvalue weighted by Crippen LogP contribution is 2.25. The molecule has 0 fully saturated rings. The number of benzene rings is 2. The Labute approximate surface area is 224 Å². The Hall–Kier alpha value is -2.57. The molecule has 0 radical (unpaired) electrons. The standard InChI is InChI=1S/C22H26Cl3N5O5S/c1-13-15(23)4-2-6-19(13)36(34,35)12-20(31)30(18(21(32)33)5-3-9-28-22(26)27)29-11-14-7-8-16(24)17(25)10-14/h2,4,6-8,10,18,29H,3,5,9,11-12H2,1H3,(H,32,33)(H4,26,27,28)/t18-/m0/s1. The second-order valence-corrected chi connectivity index (χ2v) is 11.0. The second-order valence-electron chi connectivity index (χ2n) is 7.77. The molecule has 0 spiro atoms. The molecule has 10 nitrogen and oxygen atoms in total. The molecular weight excluding hydrogens is 553 g/mol. The average molecular weight is 579 g/mol. The maximum atomic E-state index is 13.2. The van der Waals surface area contributed by atoms with E-state index >= 15 is 0 Å². The molecule has 36 heavy (non-hydrogen) atoms. The van der Waals surface area contributed by atoms with Crippen molar-refractivity contribution in [3.8, 4) is 0 Å². The van der Waals surface area contributed by atoms with E-state index in [0.29, 0.717) is 10.6 Å². The van der Waals surface area contributed by atoms with E-state index in [9.17, 15) is 23.1 Å². The minimum atomic E-state index is -4.15. The van der Waals surface area contributed by atoms with Gasteiger partial charge in [-0.25, -0.2) is 18.6 Å². The number of nitrogens with two attached hydrogens (primary N) is 2. The first-order valence-electron chi connectivity index (χ1n) is 10.6. The first-order chi connectivity index (χ1) is 16.8. The molecule has 1 amide bonds. The number of nitrogens with zero attached hydrogens (tertiary/aromatic N) is 2. The third kappa shape index (κ3) is 8.24. The molecule has 0 heterocycles. The summed E-state index contributed by atoms with van der Waals surface area (Å²) in [6.07, 6.45) is 0.162. The number of carbonyl (C=O) groups excluding carboxylic acids is 1. The van der Waals surface area contributed by atoms with Crippen molar-refractivity contribution in [2.45, 2.75) is 37.2 Å². The summed E-state index contributed by atoms with van der Waals surface area (Å²) in [5, 5.41) is 11.5. The molecule has 2 aromatic carbocycles. The number of sulfone groups is 1. The van der Waals surface area contributed by atoms with E-state index < -0.39 is 33.5 Å². The van der Waals surface area contributed by atoms with Gasteiger partial charge >= 0.3 is 5.97 Å². The van der Waals surface area contributed by atoms with Crippen LogP contribution in [-0.4, -0.2) is 54.7 Å². The normalized spacial score (nSPS) is 12.1. The van der Waals surface area contributed by atoms with Gasteiger partial charge < -0.3 is 16.6 Å². The Morgan fingerprint density at radius 3 is 2.42 bits per heavy atom. The van der Waals surface area contributed by atoms with Crippen molar-refractivity contribution in [3.63, 3.8) is 0 Å². The molecule has 2 rings (SSSR count). The lowest BCUT2D eigenvalue weighted by atomic mass is 10.1. The van der Waals surface area contributed by atoms with Crippen LogP contribution in [0.2, 0.25) is 15.1 Å².